The van der Waals surface area contributed by atoms with Crippen LogP contribution in [0.15, 0.2) is 47.4 Å². The fourth-order valence-corrected chi connectivity index (χ4v) is 2.81. The summed E-state index contributed by atoms with van der Waals surface area (Å²) in [4.78, 5) is 23.9. The second-order valence-electron chi connectivity index (χ2n) is 4.94. The molecule has 0 atom stereocenters. The van der Waals surface area contributed by atoms with Crippen molar-refractivity contribution in [2.75, 3.05) is 18.2 Å². The summed E-state index contributed by atoms with van der Waals surface area (Å²) in [6.45, 7) is 2.08. The second kappa shape index (κ2) is 8.35. The van der Waals surface area contributed by atoms with E-state index in [4.69, 9.17) is 4.74 Å². The first-order valence-corrected chi connectivity index (χ1v) is 8.36. The molecule has 1 N–H and O–H groups in total. The van der Waals surface area contributed by atoms with Gasteiger partial charge in [-0.1, -0.05) is 19.1 Å². The number of hydrogen-bond acceptors (Lipinski definition) is 5. The van der Waals surface area contributed by atoms with Gasteiger partial charge in [0, 0.05) is 4.90 Å². The molecule has 0 spiro atoms. The number of anilines is 1. The topological polar surface area (TPSA) is 81.5 Å². The van der Waals surface area contributed by atoms with Crippen molar-refractivity contribution >= 4 is 29.0 Å². The summed E-state index contributed by atoms with van der Waals surface area (Å²) in [5.41, 5.74) is 0.811. The molecule has 0 aromatic heterocycles. The number of amides is 1. The predicted molar refractivity (Wildman–Crippen MR) is 94.8 cm³/mol. The van der Waals surface area contributed by atoms with E-state index in [1.165, 1.54) is 19.2 Å². The molecule has 0 aliphatic heterocycles. The Morgan fingerprint density at radius 2 is 1.96 bits per heavy atom. The lowest BCUT2D eigenvalue weighted by Crippen LogP contribution is -2.15. The SMILES string of the molecule is CCSc1ccc(CC(=O)Nc2ccc(OC)cc2[N+](=O)[O-])cc1. The second-order valence-corrected chi connectivity index (χ2v) is 6.28. The third-order valence-corrected chi connectivity index (χ3v) is 4.17. The fraction of sp³-hybridized carbons (Fsp3) is 0.235. The molecular weight excluding hydrogens is 328 g/mol. The number of carbonyl (C=O) groups excluding carboxylic acids is 1. The lowest BCUT2D eigenvalue weighted by Gasteiger charge is -2.08. The molecule has 0 heterocycles. The van der Waals surface area contributed by atoms with Gasteiger partial charge in [0.2, 0.25) is 5.91 Å². The fourth-order valence-electron chi connectivity index (χ4n) is 2.15. The van der Waals surface area contributed by atoms with Gasteiger partial charge in [0.15, 0.2) is 0 Å². The number of methoxy groups -OCH3 is 1. The van der Waals surface area contributed by atoms with Gasteiger partial charge in [-0.05, 0) is 35.6 Å². The number of nitro groups is 1. The van der Waals surface area contributed by atoms with E-state index in [-0.39, 0.29) is 23.7 Å². The molecule has 0 bridgehead atoms. The Labute approximate surface area is 144 Å². The van der Waals surface area contributed by atoms with Crippen molar-refractivity contribution in [3.8, 4) is 5.75 Å². The van der Waals surface area contributed by atoms with Crippen molar-refractivity contribution < 1.29 is 14.5 Å². The summed E-state index contributed by atoms with van der Waals surface area (Å²) in [5, 5.41) is 13.7. The third-order valence-electron chi connectivity index (χ3n) is 3.27. The molecule has 2 aromatic carbocycles. The third kappa shape index (κ3) is 4.73. The first-order valence-electron chi connectivity index (χ1n) is 7.37. The van der Waals surface area contributed by atoms with Crippen LogP contribution in [0.4, 0.5) is 11.4 Å². The molecule has 0 aliphatic rings. The van der Waals surface area contributed by atoms with Crippen molar-refractivity contribution in [1.82, 2.24) is 0 Å². The standard InChI is InChI=1S/C17H18N2O4S/c1-3-24-14-7-4-12(5-8-14)10-17(20)18-15-9-6-13(23-2)11-16(15)19(21)22/h4-9,11H,3,10H2,1-2H3,(H,18,20). The van der Waals surface area contributed by atoms with Gasteiger partial charge in [0.25, 0.3) is 5.69 Å². The molecule has 0 radical (unpaired) electrons. The average Bonchev–Trinajstić information content (AvgIpc) is 2.57. The van der Waals surface area contributed by atoms with Crippen molar-refractivity contribution in [2.45, 2.75) is 18.2 Å². The zero-order valence-corrected chi connectivity index (χ0v) is 14.3. The van der Waals surface area contributed by atoms with Crippen molar-refractivity contribution in [2.24, 2.45) is 0 Å². The van der Waals surface area contributed by atoms with Gasteiger partial charge >= 0.3 is 0 Å². The maximum absolute atomic E-state index is 12.2. The van der Waals surface area contributed by atoms with Gasteiger partial charge in [0.05, 0.1) is 24.5 Å². The molecule has 1 amide bonds. The number of rotatable bonds is 7. The summed E-state index contributed by atoms with van der Waals surface area (Å²) >= 11 is 1.73. The monoisotopic (exact) mass is 346 g/mol. The summed E-state index contributed by atoms with van der Waals surface area (Å²) < 4.78 is 4.97. The minimum absolute atomic E-state index is 0.153. The van der Waals surface area contributed by atoms with Crippen LogP contribution >= 0.6 is 11.8 Å². The number of nitrogens with zero attached hydrogens (tertiary/aromatic N) is 1. The maximum atomic E-state index is 12.2. The molecule has 2 aromatic rings. The van der Waals surface area contributed by atoms with Crippen LogP contribution in [0.2, 0.25) is 0 Å². The van der Waals surface area contributed by atoms with Crippen molar-refractivity contribution in [1.29, 1.82) is 0 Å². The van der Waals surface area contributed by atoms with Crippen molar-refractivity contribution in [3.05, 3.63) is 58.1 Å². The normalized spacial score (nSPS) is 10.2. The minimum atomic E-state index is -0.547. The predicted octanol–water partition coefficient (Wildman–Crippen LogP) is 3.90. The van der Waals surface area contributed by atoms with Crippen LogP contribution in [0.25, 0.3) is 0 Å². The van der Waals surface area contributed by atoms with Gasteiger partial charge < -0.3 is 10.1 Å². The lowest BCUT2D eigenvalue weighted by atomic mass is 10.1. The van der Waals surface area contributed by atoms with Crippen LogP contribution in [0.1, 0.15) is 12.5 Å². The van der Waals surface area contributed by atoms with E-state index in [2.05, 4.69) is 12.2 Å². The Morgan fingerprint density at radius 1 is 1.25 bits per heavy atom. The highest BCUT2D eigenvalue weighted by molar-refractivity contribution is 7.99. The van der Waals surface area contributed by atoms with E-state index in [1.54, 1.807) is 17.8 Å². The lowest BCUT2D eigenvalue weighted by molar-refractivity contribution is -0.384. The number of ether oxygens (including phenoxy) is 1. The van der Waals surface area contributed by atoms with Crippen LogP contribution in [-0.4, -0.2) is 23.7 Å². The van der Waals surface area contributed by atoms with Crippen LogP contribution < -0.4 is 10.1 Å². The molecule has 0 aliphatic carbocycles. The highest BCUT2D eigenvalue weighted by atomic mass is 32.2. The molecule has 0 saturated carbocycles. The van der Waals surface area contributed by atoms with Crippen molar-refractivity contribution in [3.63, 3.8) is 0 Å². The first kappa shape index (κ1) is 17.8. The van der Waals surface area contributed by atoms with Gasteiger partial charge in [-0.2, -0.15) is 0 Å². The maximum Gasteiger partial charge on any atom is 0.296 e. The van der Waals surface area contributed by atoms with Gasteiger partial charge in [-0.25, -0.2) is 0 Å². The molecule has 2 rings (SSSR count). The minimum Gasteiger partial charge on any atom is -0.496 e. The number of benzene rings is 2. The highest BCUT2D eigenvalue weighted by Crippen LogP contribution is 2.29. The summed E-state index contributed by atoms with van der Waals surface area (Å²) in [6.07, 6.45) is 0.153. The Kier molecular flexibility index (Phi) is 6.20. The van der Waals surface area contributed by atoms with E-state index in [9.17, 15) is 14.9 Å². The molecular formula is C17H18N2O4S. The molecule has 6 nitrogen and oxygen atoms in total. The first-order chi connectivity index (χ1) is 11.5. The van der Waals surface area contributed by atoms with E-state index in [1.807, 2.05) is 24.3 Å². The van der Waals surface area contributed by atoms with Crippen LogP contribution in [0.3, 0.4) is 0 Å². The van der Waals surface area contributed by atoms with Crippen LogP contribution in [-0.2, 0) is 11.2 Å². The quantitative estimate of drug-likeness (QED) is 0.467. The summed E-state index contributed by atoms with van der Waals surface area (Å²) in [7, 11) is 1.43. The number of thioether (sulfide) groups is 1. The van der Waals surface area contributed by atoms with Crippen LogP contribution in [0.5, 0.6) is 5.75 Å². The number of carbonyl (C=O) groups is 1. The van der Waals surface area contributed by atoms with E-state index >= 15 is 0 Å². The number of nitrogens with one attached hydrogen (secondary N) is 1. The largest absolute Gasteiger partial charge is 0.496 e. The average molecular weight is 346 g/mol. The Bertz CT molecular complexity index is 732. The van der Waals surface area contributed by atoms with E-state index in [0.29, 0.717) is 5.75 Å². The van der Waals surface area contributed by atoms with E-state index in [0.717, 1.165) is 16.2 Å². The Balaban J connectivity index is 2.08. The summed E-state index contributed by atoms with van der Waals surface area (Å²) in [5.74, 6) is 1.05. The molecule has 24 heavy (non-hydrogen) atoms. The zero-order valence-electron chi connectivity index (χ0n) is 13.4. The van der Waals surface area contributed by atoms with Gasteiger partial charge in [-0.15, -0.1) is 11.8 Å². The molecule has 7 heteroatoms. The van der Waals surface area contributed by atoms with Gasteiger partial charge in [0.1, 0.15) is 11.4 Å². The highest BCUT2D eigenvalue weighted by Gasteiger charge is 2.17. The molecule has 0 fully saturated rings. The van der Waals surface area contributed by atoms with E-state index < -0.39 is 4.92 Å². The van der Waals surface area contributed by atoms with Gasteiger partial charge in [-0.3, -0.25) is 14.9 Å². The molecule has 0 saturated heterocycles. The number of nitro benzene ring substituents is 1. The zero-order chi connectivity index (χ0) is 17.5. The van der Waals surface area contributed by atoms with Crippen LogP contribution in [0, 0.1) is 10.1 Å². The molecule has 0 unspecified atom stereocenters. The number of hydrogen-bond donors (Lipinski definition) is 1. The summed E-state index contributed by atoms with van der Waals surface area (Å²) in [6, 6.07) is 12.0. The smallest absolute Gasteiger partial charge is 0.296 e. The molecule has 126 valence electrons. The Morgan fingerprint density at radius 3 is 2.54 bits per heavy atom. The Hall–Kier alpha value is -2.54.